The zero-order valence-electron chi connectivity index (χ0n) is 9.21. The van der Waals surface area contributed by atoms with Crippen molar-refractivity contribution in [2.75, 3.05) is 0 Å². The molecule has 3 rings (SSSR count). The zero-order valence-corrected chi connectivity index (χ0v) is 9.21. The van der Waals surface area contributed by atoms with Gasteiger partial charge >= 0.3 is 0 Å². The van der Waals surface area contributed by atoms with Crippen LogP contribution in [0.25, 0.3) is 0 Å². The van der Waals surface area contributed by atoms with Crippen molar-refractivity contribution in [2.45, 2.75) is 62.3 Å². The highest BCUT2D eigenvalue weighted by Crippen LogP contribution is 2.43. The smallest absolute Gasteiger partial charge is 0.169 e. The van der Waals surface area contributed by atoms with Gasteiger partial charge in [0.15, 0.2) is 5.79 Å². The van der Waals surface area contributed by atoms with Crippen molar-refractivity contribution < 1.29 is 19.7 Å². The first-order valence-corrected chi connectivity index (χ1v) is 6.10. The predicted molar refractivity (Wildman–Crippen MR) is 56.7 cm³/mol. The van der Waals surface area contributed by atoms with Gasteiger partial charge in [-0.25, -0.2) is 0 Å². The van der Waals surface area contributed by atoms with Crippen LogP contribution in [0.1, 0.15) is 32.1 Å². The van der Waals surface area contributed by atoms with Crippen molar-refractivity contribution in [2.24, 2.45) is 0 Å². The fraction of sp³-hybridized carbons (Fsp3) is 0.833. The van der Waals surface area contributed by atoms with E-state index in [9.17, 15) is 10.2 Å². The Kier molecular flexibility index (Phi) is 2.55. The summed E-state index contributed by atoms with van der Waals surface area (Å²) in [5.41, 5.74) is 0. The lowest BCUT2D eigenvalue weighted by atomic mass is 9.94. The van der Waals surface area contributed by atoms with Crippen LogP contribution < -0.4 is 0 Å². The lowest BCUT2D eigenvalue weighted by Crippen LogP contribution is -2.45. The van der Waals surface area contributed by atoms with E-state index in [0.29, 0.717) is 0 Å². The van der Waals surface area contributed by atoms with Gasteiger partial charge in [0, 0.05) is 12.8 Å². The molecular weight excluding hydrogens is 208 g/mol. The topological polar surface area (TPSA) is 58.9 Å². The molecule has 4 nitrogen and oxygen atoms in total. The highest BCUT2D eigenvalue weighted by Gasteiger charge is 2.51. The SMILES string of the molecule is O[C@H]1[C@H]2OC3(CCCCC3)O[C@H]2C=C[C@@H]1O. The molecule has 1 saturated carbocycles. The monoisotopic (exact) mass is 226 g/mol. The number of fused-ring (bicyclic) bond motifs is 1. The highest BCUT2D eigenvalue weighted by atomic mass is 16.8. The van der Waals surface area contributed by atoms with E-state index < -0.39 is 24.1 Å². The van der Waals surface area contributed by atoms with Crippen molar-refractivity contribution in [3.05, 3.63) is 12.2 Å². The molecule has 0 bridgehead atoms. The molecule has 4 atom stereocenters. The van der Waals surface area contributed by atoms with Crippen LogP contribution in [0, 0.1) is 0 Å². The molecule has 0 amide bonds. The van der Waals surface area contributed by atoms with Gasteiger partial charge in [0.1, 0.15) is 24.4 Å². The summed E-state index contributed by atoms with van der Waals surface area (Å²) >= 11 is 0. The molecule has 2 fully saturated rings. The Bertz CT molecular complexity index is 295. The van der Waals surface area contributed by atoms with Gasteiger partial charge in [-0.2, -0.15) is 0 Å². The Morgan fingerprint density at radius 2 is 1.75 bits per heavy atom. The van der Waals surface area contributed by atoms with E-state index >= 15 is 0 Å². The van der Waals surface area contributed by atoms with E-state index in [4.69, 9.17) is 9.47 Å². The Hall–Kier alpha value is -0.420. The summed E-state index contributed by atoms with van der Waals surface area (Å²) in [6.45, 7) is 0. The third-order valence-electron chi connectivity index (χ3n) is 3.83. The molecule has 1 aliphatic heterocycles. The van der Waals surface area contributed by atoms with Crippen molar-refractivity contribution in [1.82, 2.24) is 0 Å². The lowest BCUT2D eigenvalue weighted by molar-refractivity contribution is -0.200. The second-order valence-electron chi connectivity index (χ2n) is 5.00. The first kappa shape index (κ1) is 10.7. The normalized spacial score (nSPS) is 45.9. The standard InChI is InChI=1S/C12H18O4/c13-8-4-5-9-11(10(8)14)16-12(15-9)6-2-1-3-7-12/h4-5,8-11,13-14H,1-3,6-7H2/t8-,9-,10+,11-/m0/s1. The van der Waals surface area contributed by atoms with Crippen LogP contribution in [0.15, 0.2) is 12.2 Å². The number of ether oxygens (including phenoxy) is 2. The average Bonchev–Trinajstić information content (AvgIpc) is 2.64. The van der Waals surface area contributed by atoms with E-state index in [1.54, 1.807) is 6.08 Å². The van der Waals surface area contributed by atoms with Crippen molar-refractivity contribution in [1.29, 1.82) is 0 Å². The summed E-state index contributed by atoms with van der Waals surface area (Å²) in [6, 6.07) is 0. The van der Waals surface area contributed by atoms with E-state index in [-0.39, 0.29) is 6.10 Å². The van der Waals surface area contributed by atoms with Crippen molar-refractivity contribution >= 4 is 0 Å². The highest BCUT2D eigenvalue weighted by molar-refractivity contribution is 5.12. The van der Waals surface area contributed by atoms with Crippen molar-refractivity contribution in [3.8, 4) is 0 Å². The average molecular weight is 226 g/mol. The minimum absolute atomic E-state index is 0.198. The fourth-order valence-corrected chi connectivity index (χ4v) is 2.93. The first-order chi connectivity index (χ1) is 7.70. The van der Waals surface area contributed by atoms with Crippen LogP contribution in [0.3, 0.4) is 0 Å². The number of hydrogen-bond acceptors (Lipinski definition) is 4. The summed E-state index contributed by atoms with van der Waals surface area (Å²) in [5.74, 6) is -0.497. The molecule has 0 aromatic rings. The second-order valence-corrected chi connectivity index (χ2v) is 5.00. The molecule has 16 heavy (non-hydrogen) atoms. The Morgan fingerprint density at radius 1 is 1.00 bits per heavy atom. The number of aliphatic hydroxyl groups is 2. The van der Waals surface area contributed by atoms with Crippen LogP contribution >= 0.6 is 0 Å². The molecule has 1 spiro atoms. The molecule has 1 saturated heterocycles. The molecule has 0 unspecified atom stereocenters. The molecule has 2 N–H and O–H groups in total. The van der Waals surface area contributed by atoms with Crippen LogP contribution in [-0.4, -0.2) is 40.4 Å². The minimum Gasteiger partial charge on any atom is -0.387 e. The molecule has 0 aromatic heterocycles. The fourth-order valence-electron chi connectivity index (χ4n) is 2.93. The lowest BCUT2D eigenvalue weighted by Gasteiger charge is -2.32. The summed E-state index contributed by atoms with van der Waals surface area (Å²) in [5, 5.41) is 19.4. The third-order valence-corrected chi connectivity index (χ3v) is 3.83. The first-order valence-electron chi connectivity index (χ1n) is 6.10. The summed E-state index contributed by atoms with van der Waals surface area (Å²) in [7, 11) is 0. The maximum Gasteiger partial charge on any atom is 0.169 e. The van der Waals surface area contributed by atoms with Gasteiger partial charge in [0.25, 0.3) is 0 Å². The quantitative estimate of drug-likeness (QED) is 0.598. The van der Waals surface area contributed by atoms with E-state index in [0.717, 1.165) is 25.7 Å². The van der Waals surface area contributed by atoms with E-state index in [1.807, 2.05) is 6.08 Å². The molecule has 1 heterocycles. The van der Waals surface area contributed by atoms with E-state index in [2.05, 4.69) is 0 Å². The molecule has 4 heteroatoms. The summed E-state index contributed by atoms with van der Waals surface area (Å²) in [6.07, 6.45) is 6.36. The van der Waals surface area contributed by atoms with Gasteiger partial charge in [-0.05, 0) is 12.8 Å². The minimum atomic E-state index is -0.865. The second kappa shape index (κ2) is 3.81. The maximum absolute atomic E-state index is 9.86. The summed E-state index contributed by atoms with van der Waals surface area (Å²) < 4.78 is 11.8. The number of hydrogen-bond donors (Lipinski definition) is 2. The van der Waals surface area contributed by atoms with Gasteiger partial charge < -0.3 is 19.7 Å². The van der Waals surface area contributed by atoms with Gasteiger partial charge in [-0.1, -0.05) is 18.6 Å². The van der Waals surface area contributed by atoms with Crippen LogP contribution in [0.4, 0.5) is 0 Å². The van der Waals surface area contributed by atoms with E-state index in [1.165, 1.54) is 6.42 Å². The molecule has 0 aromatic carbocycles. The molecular formula is C12H18O4. The largest absolute Gasteiger partial charge is 0.387 e. The summed E-state index contributed by atoms with van der Waals surface area (Å²) in [4.78, 5) is 0. The molecule has 90 valence electrons. The number of aliphatic hydroxyl groups excluding tert-OH is 2. The Balaban J connectivity index is 1.79. The van der Waals surface area contributed by atoms with Crippen LogP contribution in [-0.2, 0) is 9.47 Å². The molecule has 0 radical (unpaired) electrons. The van der Waals surface area contributed by atoms with Crippen LogP contribution in [0.2, 0.25) is 0 Å². The number of rotatable bonds is 0. The van der Waals surface area contributed by atoms with Crippen molar-refractivity contribution in [3.63, 3.8) is 0 Å². The van der Waals surface area contributed by atoms with Gasteiger partial charge in [-0.15, -0.1) is 0 Å². The van der Waals surface area contributed by atoms with Gasteiger partial charge in [-0.3, -0.25) is 0 Å². The van der Waals surface area contributed by atoms with Gasteiger partial charge in [0.05, 0.1) is 0 Å². The Labute approximate surface area is 94.9 Å². The Morgan fingerprint density at radius 3 is 2.50 bits per heavy atom. The predicted octanol–water partition coefficient (Wildman–Crippen LogP) is 0.722. The van der Waals surface area contributed by atoms with Gasteiger partial charge in [0.2, 0.25) is 0 Å². The van der Waals surface area contributed by atoms with Crippen LogP contribution in [0.5, 0.6) is 0 Å². The zero-order chi connectivity index (χ0) is 11.2. The third kappa shape index (κ3) is 1.61. The molecule has 2 aliphatic carbocycles. The maximum atomic E-state index is 9.86. The molecule has 3 aliphatic rings.